The fraction of sp³-hybridized carbons (Fsp3) is 0.889. The number of piperidine rings is 1. The summed E-state index contributed by atoms with van der Waals surface area (Å²) in [7, 11) is 1.44. The van der Waals surface area contributed by atoms with Gasteiger partial charge in [0.25, 0.3) is 0 Å². The molecule has 0 amide bonds. The Morgan fingerprint density at radius 1 is 1.67 bits per heavy atom. The summed E-state index contributed by atoms with van der Waals surface area (Å²) in [5, 5.41) is 3.16. The number of rotatable bonds is 2. The van der Waals surface area contributed by atoms with Crippen molar-refractivity contribution in [3.8, 4) is 0 Å². The lowest BCUT2D eigenvalue weighted by atomic mass is 9.90. The summed E-state index contributed by atoms with van der Waals surface area (Å²) >= 11 is 0. The molecular formula is C9H17NO2. The van der Waals surface area contributed by atoms with E-state index in [2.05, 4.69) is 17.0 Å². The topological polar surface area (TPSA) is 38.3 Å². The summed E-state index contributed by atoms with van der Waals surface area (Å²) in [5.41, 5.74) is 0. The molecule has 3 nitrogen and oxygen atoms in total. The van der Waals surface area contributed by atoms with E-state index in [0.717, 1.165) is 19.4 Å². The van der Waals surface area contributed by atoms with Crippen LogP contribution in [0.5, 0.6) is 0 Å². The molecule has 0 radical (unpaired) electrons. The Hall–Kier alpha value is -0.570. The van der Waals surface area contributed by atoms with Crippen molar-refractivity contribution in [2.24, 2.45) is 5.92 Å². The molecule has 0 aliphatic carbocycles. The van der Waals surface area contributed by atoms with E-state index in [0.29, 0.717) is 5.92 Å². The van der Waals surface area contributed by atoms with Crippen molar-refractivity contribution in [2.75, 3.05) is 13.7 Å². The van der Waals surface area contributed by atoms with Gasteiger partial charge < -0.3 is 10.1 Å². The minimum Gasteiger partial charge on any atom is -0.468 e. The van der Waals surface area contributed by atoms with E-state index in [-0.39, 0.29) is 12.0 Å². The summed E-state index contributed by atoms with van der Waals surface area (Å²) in [6.45, 7) is 3.11. The second-order valence-electron chi connectivity index (χ2n) is 3.33. The van der Waals surface area contributed by atoms with Crippen LogP contribution in [0.2, 0.25) is 0 Å². The van der Waals surface area contributed by atoms with Gasteiger partial charge in [0.1, 0.15) is 6.04 Å². The van der Waals surface area contributed by atoms with E-state index in [4.69, 9.17) is 0 Å². The highest BCUT2D eigenvalue weighted by molar-refractivity contribution is 5.75. The molecule has 0 saturated carbocycles. The van der Waals surface area contributed by atoms with E-state index < -0.39 is 0 Å². The highest BCUT2D eigenvalue weighted by Crippen LogP contribution is 2.19. The van der Waals surface area contributed by atoms with E-state index in [1.807, 2.05) is 0 Å². The minimum absolute atomic E-state index is 0.0614. The van der Waals surface area contributed by atoms with E-state index in [9.17, 15) is 4.79 Å². The molecule has 1 N–H and O–H groups in total. The van der Waals surface area contributed by atoms with Gasteiger partial charge in [0.15, 0.2) is 0 Å². The van der Waals surface area contributed by atoms with Crippen molar-refractivity contribution >= 4 is 5.97 Å². The summed E-state index contributed by atoms with van der Waals surface area (Å²) in [6, 6.07) is -0.0614. The Morgan fingerprint density at radius 2 is 2.42 bits per heavy atom. The monoisotopic (exact) mass is 171 g/mol. The van der Waals surface area contributed by atoms with Crippen LogP contribution in [0.25, 0.3) is 0 Å². The van der Waals surface area contributed by atoms with Gasteiger partial charge in [0, 0.05) is 0 Å². The molecule has 0 aromatic rings. The lowest BCUT2D eigenvalue weighted by Crippen LogP contribution is -2.43. The minimum atomic E-state index is -0.117. The average molecular weight is 171 g/mol. The molecule has 2 atom stereocenters. The maximum atomic E-state index is 11.1. The number of ether oxygens (including phenoxy) is 1. The van der Waals surface area contributed by atoms with Gasteiger partial charge in [-0.15, -0.1) is 0 Å². The second-order valence-corrected chi connectivity index (χ2v) is 3.33. The first-order valence-corrected chi connectivity index (χ1v) is 4.59. The van der Waals surface area contributed by atoms with Gasteiger partial charge in [-0.3, -0.25) is 4.79 Å². The molecule has 70 valence electrons. The molecule has 1 rings (SSSR count). The van der Waals surface area contributed by atoms with E-state index >= 15 is 0 Å². The number of hydrogen-bond acceptors (Lipinski definition) is 3. The number of methoxy groups -OCH3 is 1. The standard InChI is InChI=1S/C9H17NO2/c1-3-7-4-5-10-8(6-7)9(11)12-2/h7-8,10H,3-6H2,1-2H3. The van der Waals surface area contributed by atoms with Gasteiger partial charge in [-0.2, -0.15) is 0 Å². The summed E-state index contributed by atoms with van der Waals surface area (Å²) in [5.74, 6) is 0.573. The number of esters is 1. The van der Waals surface area contributed by atoms with Crippen LogP contribution in [0, 0.1) is 5.92 Å². The van der Waals surface area contributed by atoms with Gasteiger partial charge in [-0.05, 0) is 25.3 Å². The van der Waals surface area contributed by atoms with Crippen molar-refractivity contribution in [2.45, 2.75) is 32.2 Å². The van der Waals surface area contributed by atoms with Gasteiger partial charge in [-0.1, -0.05) is 13.3 Å². The number of nitrogens with one attached hydrogen (secondary N) is 1. The number of hydrogen-bond donors (Lipinski definition) is 1. The van der Waals surface area contributed by atoms with Crippen molar-refractivity contribution in [3.63, 3.8) is 0 Å². The number of carbonyl (C=O) groups excluding carboxylic acids is 1. The van der Waals surface area contributed by atoms with Crippen LogP contribution in [0.3, 0.4) is 0 Å². The van der Waals surface area contributed by atoms with Crippen molar-refractivity contribution in [1.82, 2.24) is 5.32 Å². The lowest BCUT2D eigenvalue weighted by molar-refractivity contribution is -0.144. The molecule has 3 heteroatoms. The normalized spacial score (nSPS) is 29.8. The molecule has 0 spiro atoms. The van der Waals surface area contributed by atoms with Crippen LogP contribution >= 0.6 is 0 Å². The van der Waals surface area contributed by atoms with Gasteiger partial charge in [-0.25, -0.2) is 0 Å². The molecule has 0 aromatic heterocycles. The van der Waals surface area contributed by atoms with Gasteiger partial charge in [0.05, 0.1) is 7.11 Å². The first-order valence-electron chi connectivity index (χ1n) is 4.59. The zero-order valence-corrected chi connectivity index (χ0v) is 7.80. The predicted octanol–water partition coefficient (Wildman–Crippen LogP) is 0.938. The molecule has 1 fully saturated rings. The quantitative estimate of drug-likeness (QED) is 0.628. The molecule has 12 heavy (non-hydrogen) atoms. The summed E-state index contributed by atoms with van der Waals surface area (Å²) in [4.78, 5) is 11.1. The fourth-order valence-corrected chi connectivity index (χ4v) is 1.69. The number of carbonyl (C=O) groups is 1. The Bertz CT molecular complexity index is 159. The van der Waals surface area contributed by atoms with E-state index in [1.165, 1.54) is 13.5 Å². The first-order chi connectivity index (χ1) is 5.77. The third kappa shape index (κ3) is 2.21. The van der Waals surface area contributed by atoms with Crippen molar-refractivity contribution in [3.05, 3.63) is 0 Å². The highest BCUT2D eigenvalue weighted by atomic mass is 16.5. The van der Waals surface area contributed by atoms with E-state index in [1.54, 1.807) is 0 Å². The summed E-state index contributed by atoms with van der Waals surface area (Å²) < 4.78 is 4.68. The average Bonchev–Trinajstić information content (AvgIpc) is 2.17. The highest BCUT2D eigenvalue weighted by Gasteiger charge is 2.26. The molecule has 1 saturated heterocycles. The molecule has 2 unspecified atom stereocenters. The maximum absolute atomic E-state index is 11.1. The Labute approximate surface area is 73.5 Å². The molecular weight excluding hydrogens is 154 g/mol. The first kappa shape index (κ1) is 9.52. The van der Waals surface area contributed by atoms with Crippen LogP contribution in [-0.2, 0) is 9.53 Å². The predicted molar refractivity (Wildman–Crippen MR) is 46.8 cm³/mol. The molecule has 1 aliphatic rings. The third-order valence-electron chi connectivity index (χ3n) is 2.58. The lowest BCUT2D eigenvalue weighted by Gasteiger charge is -2.27. The van der Waals surface area contributed by atoms with Crippen LogP contribution in [0.1, 0.15) is 26.2 Å². The van der Waals surface area contributed by atoms with Crippen LogP contribution in [0.15, 0.2) is 0 Å². The third-order valence-corrected chi connectivity index (χ3v) is 2.58. The molecule has 0 bridgehead atoms. The Kier molecular flexibility index (Phi) is 3.53. The zero-order valence-electron chi connectivity index (χ0n) is 7.80. The largest absolute Gasteiger partial charge is 0.468 e. The smallest absolute Gasteiger partial charge is 0.322 e. The SMILES string of the molecule is CCC1CCNC(C(=O)OC)C1. The molecule has 1 aliphatic heterocycles. The van der Waals surface area contributed by atoms with Crippen LogP contribution in [-0.4, -0.2) is 25.7 Å². The maximum Gasteiger partial charge on any atom is 0.322 e. The second kappa shape index (κ2) is 4.45. The Morgan fingerprint density at radius 3 is 3.00 bits per heavy atom. The van der Waals surface area contributed by atoms with Crippen molar-refractivity contribution < 1.29 is 9.53 Å². The van der Waals surface area contributed by atoms with Gasteiger partial charge >= 0.3 is 5.97 Å². The zero-order chi connectivity index (χ0) is 8.97. The van der Waals surface area contributed by atoms with Gasteiger partial charge in [0.2, 0.25) is 0 Å². The Balaban J connectivity index is 2.40. The summed E-state index contributed by atoms with van der Waals surface area (Å²) in [6.07, 6.45) is 3.28. The molecule has 0 aromatic carbocycles. The molecule has 1 heterocycles. The van der Waals surface area contributed by atoms with Crippen LogP contribution < -0.4 is 5.32 Å². The fourth-order valence-electron chi connectivity index (χ4n) is 1.69. The van der Waals surface area contributed by atoms with Crippen molar-refractivity contribution in [1.29, 1.82) is 0 Å². The van der Waals surface area contributed by atoms with Crippen LogP contribution in [0.4, 0.5) is 0 Å².